The molecule has 0 aliphatic heterocycles. The summed E-state index contributed by atoms with van der Waals surface area (Å²) in [5.41, 5.74) is 0.711. The van der Waals surface area contributed by atoms with Gasteiger partial charge in [-0.15, -0.1) is 0 Å². The zero-order valence-electron chi connectivity index (χ0n) is 9.57. The average Bonchev–Trinajstić information content (AvgIpc) is 2.29. The number of halogens is 1. The minimum Gasteiger partial charge on any atom is -0.385 e. The lowest BCUT2D eigenvalue weighted by Gasteiger charge is -2.16. The van der Waals surface area contributed by atoms with Gasteiger partial charge in [-0.1, -0.05) is 15.9 Å². The van der Waals surface area contributed by atoms with Crippen LogP contribution in [0, 0.1) is 0 Å². The van der Waals surface area contributed by atoms with Gasteiger partial charge in [-0.2, -0.15) is 0 Å². The molecule has 0 aromatic heterocycles. The van der Waals surface area contributed by atoms with Crippen LogP contribution >= 0.6 is 15.9 Å². The Morgan fingerprint density at radius 2 is 2.00 bits per heavy atom. The molecule has 0 radical (unpaired) electrons. The van der Waals surface area contributed by atoms with Gasteiger partial charge in [-0.25, -0.2) is 0 Å². The fourth-order valence-electron chi connectivity index (χ4n) is 1.36. The molecule has 4 heteroatoms. The predicted molar refractivity (Wildman–Crippen MR) is 67.6 cm³/mol. The van der Waals surface area contributed by atoms with Crippen molar-refractivity contribution in [2.75, 3.05) is 27.3 Å². The van der Waals surface area contributed by atoms with Gasteiger partial charge in [0.2, 0.25) is 0 Å². The molecule has 0 spiro atoms. The number of nitrogens with zero attached hydrogens (tertiary/aromatic N) is 1. The highest BCUT2D eigenvalue weighted by atomic mass is 79.9. The Kier molecular flexibility index (Phi) is 5.49. The van der Waals surface area contributed by atoms with Gasteiger partial charge in [0.05, 0.1) is 0 Å². The Morgan fingerprint density at radius 1 is 1.38 bits per heavy atom. The molecule has 1 aromatic rings. The van der Waals surface area contributed by atoms with E-state index in [1.807, 2.05) is 24.3 Å². The number of ether oxygens (including phenoxy) is 1. The third-order valence-electron chi connectivity index (χ3n) is 2.28. The highest BCUT2D eigenvalue weighted by molar-refractivity contribution is 9.10. The van der Waals surface area contributed by atoms with E-state index in [0.29, 0.717) is 18.7 Å². The molecule has 16 heavy (non-hydrogen) atoms. The van der Waals surface area contributed by atoms with Crippen molar-refractivity contribution < 1.29 is 9.53 Å². The molecule has 0 aliphatic carbocycles. The summed E-state index contributed by atoms with van der Waals surface area (Å²) in [4.78, 5) is 13.6. The van der Waals surface area contributed by atoms with Crippen LogP contribution in [0.4, 0.5) is 0 Å². The third kappa shape index (κ3) is 3.94. The molecule has 88 valence electrons. The Morgan fingerprint density at radius 3 is 2.56 bits per heavy atom. The molecule has 0 saturated heterocycles. The molecule has 1 rings (SSSR count). The monoisotopic (exact) mass is 285 g/mol. The van der Waals surface area contributed by atoms with E-state index in [1.165, 1.54) is 0 Å². The lowest BCUT2D eigenvalue weighted by molar-refractivity contribution is 0.0779. The van der Waals surface area contributed by atoms with E-state index in [2.05, 4.69) is 15.9 Å². The fourth-order valence-corrected chi connectivity index (χ4v) is 1.62. The van der Waals surface area contributed by atoms with Crippen LogP contribution in [0.5, 0.6) is 0 Å². The molecule has 0 fully saturated rings. The van der Waals surface area contributed by atoms with E-state index in [4.69, 9.17) is 4.74 Å². The fraction of sp³-hybridized carbons (Fsp3) is 0.417. The summed E-state index contributed by atoms with van der Waals surface area (Å²) in [6, 6.07) is 7.38. The molecule has 0 saturated carbocycles. The van der Waals surface area contributed by atoms with Gasteiger partial charge < -0.3 is 9.64 Å². The second-order valence-electron chi connectivity index (χ2n) is 3.58. The number of methoxy groups -OCH3 is 1. The van der Waals surface area contributed by atoms with Crippen molar-refractivity contribution in [1.82, 2.24) is 4.90 Å². The summed E-state index contributed by atoms with van der Waals surface area (Å²) in [5, 5.41) is 0. The van der Waals surface area contributed by atoms with Gasteiger partial charge in [0.15, 0.2) is 0 Å². The minimum absolute atomic E-state index is 0.0450. The van der Waals surface area contributed by atoms with Crippen LogP contribution in [0.15, 0.2) is 28.7 Å². The van der Waals surface area contributed by atoms with Crippen molar-refractivity contribution in [2.45, 2.75) is 6.42 Å². The van der Waals surface area contributed by atoms with Gasteiger partial charge in [0.25, 0.3) is 5.91 Å². The van der Waals surface area contributed by atoms with Gasteiger partial charge >= 0.3 is 0 Å². The topological polar surface area (TPSA) is 29.5 Å². The van der Waals surface area contributed by atoms with Crippen molar-refractivity contribution in [1.29, 1.82) is 0 Å². The van der Waals surface area contributed by atoms with Gasteiger partial charge in [0.1, 0.15) is 0 Å². The van der Waals surface area contributed by atoms with Crippen molar-refractivity contribution in [3.05, 3.63) is 34.3 Å². The summed E-state index contributed by atoms with van der Waals surface area (Å²) in [5.74, 6) is 0.0450. The van der Waals surface area contributed by atoms with E-state index >= 15 is 0 Å². The number of hydrogen-bond acceptors (Lipinski definition) is 2. The Balaban J connectivity index is 2.53. The first-order valence-corrected chi connectivity index (χ1v) is 5.94. The van der Waals surface area contributed by atoms with Gasteiger partial charge in [-0.3, -0.25) is 4.79 Å². The summed E-state index contributed by atoms with van der Waals surface area (Å²) in [6.07, 6.45) is 0.856. The average molecular weight is 286 g/mol. The maximum atomic E-state index is 11.9. The molecule has 3 nitrogen and oxygen atoms in total. The molecule has 1 amide bonds. The standard InChI is InChI=1S/C12H16BrNO2/c1-14(8-3-9-16-2)12(15)10-4-6-11(13)7-5-10/h4-7H,3,8-9H2,1-2H3. The largest absolute Gasteiger partial charge is 0.385 e. The summed E-state index contributed by atoms with van der Waals surface area (Å²) in [6.45, 7) is 1.39. The van der Waals surface area contributed by atoms with Crippen LogP contribution in [-0.2, 0) is 4.74 Å². The van der Waals surface area contributed by atoms with Crippen LogP contribution in [0.25, 0.3) is 0 Å². The van der Waals surface area contributed by atoms with E-state index < -0.39 is 0 Å². The molecule has 1 aromatic carbocycles. The third-order valence-corrected chi connectivity index (χ3v) is 2.81. The van der Waals surface area contributed by atoms with E-state index in [0.717, 1.165) is 10.9 Å². The van der Waals surface area contributed by atoms with E-state index in [1.54, 1.807) is 19.1 Å². The molecular formula is C12H16BrNO2. The number of rotatable bonds is 5. The maximum absolute atomic E-state index is 11.9. The summed E-state index contributed by atoms with van der Waals surface area (Å²) >= 11 is 3.34. The highest BCUT2D eigenvalue weighted by Gasteiger charge is 2.10. The van der Waals surface area contributed by atoms with Crippen molar-refractivity contribution in [2.24, 2.45) is 0 Å². The predicted octanol–water partition coefficient (Wildman–Crippen LogP) is 2.56. The minimum atomic E-state index is 0.0450. The molecule has 0 N–H and O–H groups in total. The Labute approximate surface area is 105 Å². The van der Waals surface area contributed by atoms with E-state index in [-0.39, 0.29) is 5.91 Å². The van der Waals surface area contributed by atoms with Crippen molar-refractivity contribution >= 4 is 21.8 Å². The first-order chi connectivity index (χ1) is 7.65. The van der Waals surface area contributed by atoms with Crippen LogP contribution in [0.1, 0.15) is 16.8 Å². The van der Waals surface area contributed by atoms with Crippen LogP contribution < -0.4 is 0 Å². The number of carbonyl (C=O) groups is 1. The lowest BCUT2D eigenvalue weighted by atomic mass is 10.2. The van der Waals surface area contributed by atoms with Crippen molar-refractivity contribution in [3.8, 4) is 0 Å². The molecular weight excluding hydrogens is 270 g/mol. The maximum Gasteiger partial charge on any atom is 0.253 e. The molecule has 0 bridgehead atoms. The van der Waals surface area contributed by atoms with Gasteiger partial charge in [-0.05, 0) is 30.7 Å². The molecule has 0 heterocycles. The summed E-state index contributed by atoms with van der Waals surface area (Å²) < 4.78 is 5.93. The Hall–Kier alpha value is -0.870. The molecule has 0 atom stereocenters. The zero-order valence-corrected chi connectivity index (χ0v) is 11.2. The number of hydrogen-bond donors (Lipinski definition) is 0. The first kappa shape index (κ1) is 13.2. The lowest BCUT2D eigenvalue weighted by Crippen LogP contribution is -2.28. The SMILES string of the molecule is COCCCN(C)C(=O)c1ccc(Br)cc1. The van der Waals surface area contributed by atoms with E-state index in [9.17, 15) is 4.79 Å². The zero-order chi connectivity index (χ0) is 12.0. The second kappa shape index (κ2) is 6.66. The second-order valence-corrected chi connectivity index (χ2v) is 4.50. The quantitative estimate of drug-likeness (QED) is 0.779. The first-order valence-electron chi connectivity index (χ1n) is 5.15. The van der Waals surface area contributed by atoms with Crippen molar-refractivity contribution in [3.63, 3.8) is 0 Å². The van der Waals surface area contributed by atoms with Crippen LogP contribution in [0.2, 0.25) is 0 Å². The van der Waals surface area contributed by atoms with Crippen LogP contribution in [0.3, 0.4) is 0 Å². The van der Waals surface area contributed by atoms with Gasteiger partial charge in [0, 0.05) is 37.3 Å². The summed E-state index contributed by atoms with van der Waals surface area (Å²) in [7, 11) is 3.47. The molecule has 0 aliphatic rings. The number of benzene rings is 1. The normalized spacial score (nSPS) is 10.2. The smallest absolute Gasteiger partial charge is 0.253 e. The Bertz CT molecular complexity index is 337. The number of carbonyl (C=O) groups excluding carboxylic acids is 1. The number of amides is 1. The van der Waals surface area contributed by atoms with Crippen LogP contribution in [-0.4, -0.2) is 38.1 Å². The highest BCUT2D eigenvalue weighted by Crippen LogP contribution is 2.11. The molecule has 0 unspecified atom stereocenters.